The predicted octanol–water partition coefficient (Wildman–Crippen LogP) is 4.50. The van der Waals surface area contributed by atoms with Crippen molar-refractivity contribution in [2.75, 3.05) is 4.90 Å². The van der Waals surface area contributed by atoms with Crippen molar-refractivity contribution in [3.63, 3.8) is 0 Å². The van der Waals surface area contributed by atoms with Crippen LogP contribution in [0, 0.1) is 27.7 Å². The number of rotatable bonds is 6. The zero-order chi connectivity index (χ0) is 27.1. The number of esters is 1. The van der Waals surface area contributed by atoms with E-state index in [0.29, 0.717) is 35.4 Å². The number of carbonyl (C=O) groups excluding carboxylic acids is 3. The fraction of sp³-hybridized carbons (Fsp3) is 0.464. The van der Waals surface area contributed by atoms with Gasteiger partial charge in [-0.25, -0.2) is 13.3 Å². The number of anilines is 1. The number of aryl methyl sites for hydroxylation is 2. The van der Waals surface area contributed by atoms with Gasteiger partial charge in [0.05, 0.1) is 17.0 Å². The second kappa shape index (κ2) is 10.4. The van der Waals surface area contributed by atoms with Gasteiger partial charge in [-0.1, -0.05) is 25.3 Å². The molecule has 1 atom stereocenters. The maximum atomic E-state index is 14.4. The largest absolute Gasteiger partial charge is 0.427 e. The molecule has 9 heteroatoms. The van der Waals surface area contributed by atoms with Crippen LogP contribution in [0.5, 0.6) is 5.75 Å². The van der Waals surface area contributed by atoms with Crippen LogP contribution in [-0.2, 0) is 24.4 Å². The fourth-order valence-corrected chi connectivity index (χ4v) is 7.95. The highest BCUT2D eigenvalue weighted by molar-refractivity contribution is 7.89. The van der Waals surface area contributed by atoms with Crippen molar-refractivity contribution in [2.45, 2.75) is 90.1 Å². The maximum Gasteiger partial charge on any atom is 0.308 e. The molecule has 198 valence electrons. The SMILES string of the molecule is CC(=O)Oc1ccc(N2C(=O)CC(N(C3CCCCC3)S(=O)(=O)c3c(C)c(C)cc(C)c3C)C2=O)cc1. The standard InChI is InChI=1S/C28H34N2O6S/c1-17-15-18(2)20(4)27(19(17)3)37(34,35)30(23-9-7-6-8-10-23)25-16-26(32)29(28(25)33)22-11-13-24(14-12-22)36-21(5)31/h11-15,23,25H,6-10,16H2,1-5H3. The number of hydrogen-bond donors (Lipinski definition) is 0. The molecule has 2 aliphatic rings. The topological polar surface area (TPSA) is 101 Å². The predicted molar refractivity (Wildman–Crippen MR) is 140 cm³/mol. The fourth-order valence-electron chi connectivity index (χ4n) is 5.54. The highest BCUT2D eigenvalue weighted by Gasteiger charge is 2.50. The molecule has 1 aliphatic carbocycles. The zero-order valence-electron chi connectivity index (χ0n) is 22.0. The van der Waals surface area contributed by atoms with Crippen LogP contribution in [0.2, 0.25) is 0 Å². The molecule has 0 spiro atoms. The van der Waals surface area contributed by atoms with Crippen LogP contribution in [0.15, 0.2) is 35.2 Å². The number of carbonyl (C=O) groups is 3. The second-order valence-electron chi connectivity index (χ2n) is 10.1. The first-order valence-electron chi connectivity index (χ1n) is 12.7. The number of imide groups is 1. The minimum absolute atomic E-state index is 0.219. The summed E-state index contributed by atoms with van der Waals surface area (Å²) in [5, 5.41) is 0. The van der Waals surface area contributed by atoms with Crippen molar-refractivity contribution < 1.29 is 27.5 Å². The minimum Gasteiger partial charge on any atom is -0.427 e. The highest BCUT2D eigenvalue weighted by atomic mass is 32.2. The summed E-state index contributed by atoms with van der Waals surface area (Å²) in [6, 6.07) is 6.55. The van der Waals surface area contributed by atoms with Gasteiger partial charge >= 0.3 is 5.97 Å². The number of ether oxygens (including phenoxy) is 1. The van der Waals surface area contributed by atoms with Gasteiger partial charge in [-0.3, -0.25) is 14.4 Å². The minimum atomic E-state index is -4.10. The summed E-state index contributed by atoms with van der Waals surface area (Å²) < 4.78 is 35.2. The molecule has 0 radical (unpaired) electrons. The third-order valence-electron chi connectivity index (χ3n) is 7.55. The lowest BCUT2D eigenvalue weighted by atomic mass is 9.94. The van der Waals surface area contributed by atoms with Gasteiger partial charge in [0.2, 0.25) is 15.9 Å². The molecule has 1 saturated heterocycles. The van der Waals surface area contributed by atoms with Crippen LogP contribution in [0.1, 0.15) is 67.7 Å². The summed E-state index contributed by atoms with van der Waals surface area (Å²) >= 11 is 0. The number of amides is 2. The van der Waals surface area contributed by atoms with Gasteiger partial charge in [-0.15, -0.1) is 0 Å². The number of sulfonamides is 1. The van der Waals surface area contributed by atoms with Crippen LogP contribution >= 0.6 is 0 Å². The van der Waals surface area contributed by atoms with Gasteiger partial charge in [0, 0.05) is 13.0 Å². The molecule has 0 N–H and O–H groups in total. The molecule has 2 aromatic rings. The van der Waals surface area contributed by atoms with Gasteiger partial charge in [0.25, 0.3) is 5.91 Å². The Hall–Kier alpha value is -3.04. The van der Waals surface area contributed by atoms with Crippen molar-refractivity contribution in [3.05, 3.63) is 52.6 Å². The van der Waals surface area contributed by atoms with Gasteiger partial charge < -0.3 is 4.74 Å². The third-order valence-corrected chi connectivity index (χ3v) is 9.79. The van der Waals surface area contributed by atoms with E-state index in [1.807, 2.05) is 19.9 Å². The Kier molecular flexibility index (Phi) is 7.57. The van der Waals surface area contributed by atoms with E-state index in [-0.39, 0.29) is 17.4 Å². The summed E-state index contributed by atoms with van der Waals surface area (Å²) in [6.45, 7) is 8.65. The van der Waals surface area contributed by atoms with E-state index in [0.717, 1.165) is 35.3 Å². The third kappa shape index (κ3) is 5.07. The van der Waals surface area contributed by atoms with Gasteiger partial charge in [0.15, 0.2) is 0 Å². The van der Waals surface area contributed by atoms with E-state index in [2.05, 4.69) is 0 Å². The number of hydrogen-bond acceptors (Lipinski definition) is 6. The van der Waals surface area contributed by atoms with Gasteiger partial charge in [-0.05, 0) is 87.1 Å². The monoisotopic (exact) mass is 526 g/mol. The number of benzene rings is 2. The van der Waals surface area contributed by atoms with E-state index in [1.54, 1.807) is 13.8 Å². The maximum absolute atomic E-state index is 14.4. The first-order valence-corrected chi connectivity index (χ1v) is 14.1. The highest BCUT2D eigenvalue weighted by Crippen LogP contribution is 2.38. The lowest BCUT2D eigenvalue weighted by molar-refractivity contribution is -0.132. The Bertz CT molecular complexity index is 1320. The van der Waals surface area contributed by atoms with Crippen LogP contribution in [-0.4, -0.2) is 42.6 Å². The van der Waals surface area contributed by atoms with Crippen LogP contribution < -0.4 is 9.64 Å². The molecule has 1 heterocycles. The van der Waals surface area contributed by atoms with E-state index < -0.39 is 33.8 Å². The average Bonchev–Trinajstić information content (AvgIpc) is 3.12. The normalized spacial score (nSPS) is 19.1. The molecule has 1 aliphatic heterocycles. The van der Waals surface area contributed by atoms with E-state index in [1.165, 1.54) is 35.5 Å². The smallest absolute Gasteiger partial charge is 0.308 e. The van der Waals surface area contributed by atoms with Gasteiger partial charge in [-0.2, -0.15) is 4.31 Å². The van der Waals surface area contributed by atoms with E-state index >= 15 is 0 Å². The van der Waals surface area contributed by atoms with Crippen LogP contribution in [0.4, 0.5) is 5.69 Å². The van der Waals surface area contributed by atoms with Gasteiger partial charge in [0.1, 0.15) is 11.8 Å². The first kappa shape index (κ1) is 27.0. The Labute approximate surface area is 218 Å². The molecule has 8 nitrogen and oxygen atoms in total. The molecule has 37 heavy (non-hydrogen) atoms. The molecular formula is C28H34N2O6S. The van der Waals surface area contributed by atoms with Crippen molar-refractivity contribution in [1.29, 1.82) is 0 Å². The van der Waals surface area contributed by atoms with Crippen molar-refractivity contribution in [1.82, 2.24) is 4.31 Å². The second-order valence-corrected chi connectivity index (χ2v) is 11.9. The molecule has 1 unspecified atom stereocenters. The lowest BCUT2D eigenvalue weighted by Gasteiger charge is -2.37. The molecule has 1 saturated carbocycles. The van der Waals surface area contributed by atoms with Crippen molar-refractivity contribution >= 4 is 33.5 Å². The molecule has 2 fully saturated rings. The zero-order valence-corrected chi connectivity index (χ0v) is 22.9. The summed E-state index contributed by atoms with van der Waals surface area (Å²) in [6.07, 6.45) is 3.84. The Balaban J connectivity index is 1.77. The molecule has 4 rings (SSSR count). The van der Waals surface area contributed by atoms with Crippen molar-refractivity contribution in [2.24, 2.45) is 0 Å². The van der Waals surface area contributed by atoms with Crippen LogP contribution in [0.3, 0.4) is 0 Å². The lowest BCUT2D eigenvalue weighted by Crippen LogP contribution is -2.51. The molecule has 2 amide bonds. The molecule has 0 aromatic heterocycles. The van der Waals surface area contributed by atoms with E-state index in [9.17, 15) is 22.8 Å². The summed E-state index contributed by atoms with van der Waals surface area (Å²) in [5.74, 6) is -1.20. The van der Waals surface area contributed by atoms with Crippen molar-refractivity contribution in [3.8, 4) is 5.75 Å². The molecule has 0 bridgehead atoms. The summed E-state index contributed by atoms with van der Waals surface area (Å²) in [4.78, 5) is 39.4. The average molecular weight is 527 g/mol. The molecular weight excluding hydrogens is 492 g/mol. The first-order chi connectivity index (χ1) is 17.4. The Morgan fingerprint density at radius 1 is 0.946 bits per heavy atom. The van der Waals surface area contributed by atoms with E-state index in [4.69, 9.17) is 4.74 Å². The Morgan fingerprint density at radius 3 is 2.05 bits per heavy atom. The van der Waals surface area contributed by atoms with Crippen LogP contribution in [0.25, 0.3) is 0 Å². The Morgan fingerprint density at radius 2 is 1.51 bits per heavy atom. The number of nitrogens with zero attached hydrogens (tertiary/aromatic N) is 2. The quantitative estimate of drug-likeness (QED) is 0.312. The molecule has 2 aromatic carbocycles. The summed E-state index contributed by atoms with van der Waals surface area (Å²) in [5.41, 5.74) is 3.38. The summed E-state index contributed by atoms with van der Waals surface area (Å²) in [7, 11) is -4.10.